The molecule has 0 radical (unpaired) electrons. The molecule has 2 heterocycles. The molecule has 0 saturated carbocycles. The summed E-state index contributed by atoms with van der Waals surface area (Å²) < 4.78 is 9.30. The molecule has 0 aliphatic carbocycles. The summed E-state index contributed by atoms with van der Waals surface area (Å²) in [5, 5.41) is 0. The molecule has 0 spiro atoms. The lowest BCUT2D eigenvalue weighted by molar-refractivity contribution is 0.0679. The number of nitrogens with zero attached hydrogens (tertiary/aromatic N) is 3. The molecule has 5 heteroatoms. The third-order valence-electron chi connectivity index (χ3n) is 5.48. The Balaban J connectivity index is 1.59. The van der Waals surface area contributed by atoms with Crippen molar-refractivity contribution >= 4 is 11.0 Å². The predicted octanol–water partition coefficient (Wildman–Crippen LogP) is 3.06. The van der Waals surface area contributed by atoms with Crippen LogP contribution in [0.2, 0.25) is 0 Å². The zero-order valence-electron chi connectivity index (χ0n) is 16.1. The van der Waals surface area contributed by atoms with Crippen LogP contribution in [0, 0.1) is 0 Å². The fraction of sp³-hybridized carbons (Fsp3) is 0.409. The Bertz CT molecular complexity index is 968. The minimum Gasteiger partial charge on any atom is -0.377 e. The second-order valence-electron chi connectivity index (χ2n) is 7.51. The zero-order chi connectivity index (χ0) is 18.8. The van der Waals surface area contributed by atoms with Gasteiger partial charge in [0.1, 0.15) is 0 Å². The molecule has 27 heavy (non-hydrogen) atoms. The lowest BCUT2D eigenvalue weighted by atomic mass is 10.1. The number of fused-ring (bicyclic) bond motifs is 1. The van der Waals surface area contributed by atoms with E-state index in [0.717, 1.165) is 50.1 Å². The fourth-order valence-corrected chi connectivity index (χ4v) is 4.01. The summed E-state index contributed by atoms with van der Waals surface area (Å²) >= 11 is 0. The first-order chi connectivity index (χ1) is 13.1. The second-order valence-corrected chi connectivity index (χ2v) is 7.51. The van der Waals surface area contributed by atoms with E-state index in [-0.39, 0.29) is 5.69 Å². The van der Waals surface area contributed by atoms with Gasteiger partial charge in [0.05, 0.1) is 17.1 Å². The molecule has 1 aromatic heterocycles. The van der Waals surface area contributed by atoms with E-state index in [1.807, 2.05) is 14.1 Å². The number of aryl methyl sites for hydroxylation is 2. The molecule has 1 aliphatic heterocycles. The van der Waals surface area contributed by atoms with Crippen LogP contribution < -0.4 is 5.69 Å². The van der Waals surface area contributed by atoms with Crippen molar-refractivity contribution in [1.29, 1.82) is 0 Å². The van der Waals surface area contributed by atoms with Crippen LogP contribution in [0.15, 0.2) is 53.3 Å². The maximum atomic E-state index is 12.2. The number of benzene rings is 2. The minimum atomic E-state index is 0.0163. The van der Waals surface area contributed by atoms with Crippen LogP contribution in [0.4, 0.5) is 0 Å². The first-order valence-electron chi connectivity index (χ1n) is 9.64. The van der Waals surface area contributed by atoms with Gasteiger partial charge in [-0.3, -0.25) is 14.0 Å². The summed E-state index contributed by atoms with van der Waals surface area (Å²) in [6.45, 7) is 3.54. The molecule has 5 nitrogen and oxygen atoms in total. The molecule has 1 saturated heterocycles. The Labute approximate surface area is 159 Å². The molecule has 3 aromatic rings. The third kappa shape index (κ3) is 3.84. The number of imidazole rings is 1. The van der Waals surface area contributed by atoms with Gasteiger partial charge in [-0.05, 0) is 36.1 Å². The van der Waals surface area contributed by atoms with Gasteiger partial charge in [0.2, 0.25) is 0 Å². The van der Waals surface area contributed by atoms with Crippen molar-refractivity contribution in [2.75, 3.05) is 13.2 Å². The molecule has 1 aliphatic rings. The van der Waals surface area contributed by atoms with Gasteiger partial charge in [-0.15, -0.1) is 0 Å². The monoisotopic (exact) mass is 365 g/mol. The highest BCUT2D eigenvalue weighted by atomic mass is 16.5. The maximum absolute atomic E-state index is 12.2. The standard InChI is InChI=1S/C22H27N3O2/c1-23-20-11-10-18(13-21(20)24(2)22(23)26)15-25(16-19-9-6-12-27-19)14-17-7-4-3-5-8-17/h3-5,7-8,10-11,13,19H,6,9,12,14-16H2,1-2H3/t19-/m0/s1. The summed E-state index contributed by atoms with van der Waals surface area (Å²) in [5.74, 6) is 0. The molecule has 2 aromatic carbocycles. The van der Waals surface area contributed by atoms with E-state index < -0.39 is 0 Å². The summed E-state index contributed by atoms with van der Waals surface area (Å²) in [5.41, 5.74) is 4.50. The Morgan fingerprint density at radius 3 is 2.48 bits per heavy atom. The van der Waals surface area contributed by atoms with Crippen molar-refractivity contribution in [3.63, 3.8) is 0 Å². The predicted molar refractivity (Wildman–Crippen MR) is 108 cm³/mol. The van der Waals surface area contributed by atoms with Gasteiger partial charge in [-0.1, -0.05) is 36.4 Å². The molecule has 0 amide bonds. The van der Waals surface area contributed by atoms with Gasteiger partial charge in [0.15, 0.2) is 0 Å². The van der Waals surface area contributed by atoms with Gasteiger partial charge >= 0.3 is 5.69 Å². The molecular weight excluding hydrogens is 338 g/mol. The smallest absolute Gasteiger partial charge is 0.328 e. The number of aromatic nitrogens is 2. The normalized spacial score (nSPS) is 17.2. The molecule has 0 N–H and O–H groups in total. The summed E-state index contributed by atoms with van der Waals surface area (Å²) in [4.78, 5) is 14.6. The quantitative estimate of drug-likeness (QED) is 0.674. The van der Waals surface area contributed by atoms with Crippen LogP contribution in [0.3, 0.4) is 0 Å². The van der Waals surface area contributed by atoms with Crippen LogP contribution in [0.25, 0.3) is 11.0 Å². The molecule has 1 atom stereocenters. The molecule has 142 valence electrons. The average molecular weight is 365 g/mol. The van der Waals surface area contributed by atoms with Crippen molar-refractivity contribution in [3.05, 3.63) is 70.1 Å². The van der Waals surface area contributed by atoms with Crippen molar-refractivity contribution in [2.24, 2.45) is 14.1 Å². The third-order valence-corrected chi connectivity index (χ3v) is 5.48. The van der Waals surface area contributed by atoms with Crippen molar-refractivity contribution in [3.8, 4) is 0 Å². The Kier molecular flexibility index (Phi) is 5.14. The number of ether oxygens (including phenoxy) is 1. The Hall–Kier alpha value is -2.37. The van der Waals surface area contributed by atoms with Gasteiger partial charge in [0.25, 0.3) is 0 Å². The van der Waals surface area contributed by atoms with Crippen LogP contribution in [-0.2, 0) is 31.9 Å². The molecule has 4 rings (SSSR count). The molecule has 0 bridgehead atoms. The molecular formula is C22H27N3O2. The second kappa shape index (κ2) is 7.71. The van der Waals surface area contributed by atoms with E-state index in [2.05, 4.69) is 53.4 Å². The fourth-order valence-electron chi connectivity index (χ4n) is 4.01. The van der Waals surface area contributed by atoms with E-state index in [4.69, 9.17) is 4.74 Å². The Morgan fingerprint density at radius 1 is 1.00 bits per heavy atom. The van der Waals surface area contributed by atoms with E-state index in [1.165, 1.54) is 11.1 Å². The van der Waals surface area contributed by atoms with Crippen LogP contribution in [0.5, 0.6) is 0 Å². The highest BCUT2D eigenvalue weighted by Gasteiger charge is 2.20. The van der Waals surface area contributed by atoms with E-state index in [9.17, 15) is 4.79 Å². The van der Waals surface area contributed by atoms with E-state index in [1.54, 1.807) is 9.13 Å². The summed E-state index contributed by atoms with van der Waals surface area (Å²) in [7, 11) is 3.66. The van der Waals surface area contributed by atoms with Gasteiger partial charge in [-0.2, -0.15) is 0 Å². The molecule has 0 unspecified atom stereocenters. The first kappa shape index (κ1) is 18.0. The van der Waals surface area contributed by atoms with E-state index in [0.29, 0.717) is 6.10 Å². The lowest BCUT2D eigenvalue weighted by Gasteiger charge is -2.25. The summed E-state index contributed by atoms with van der Waals surface area (Å²) in [6, 6.07) is 16.9. The van der Waals surface area contributed by atoms with Gasteiger partial charge in [-0.25, -0.2) is 4.79 Å². The number of rotatable bonds is 6. The first-order valence-corrected chi connectivity index (χ1v) is 9.64. The van der Waals surface area contributed by atoms with Crippen molar-refractivity contribution < 1.29 is 4.74 Å². The topological polar surface area (TPSA) is 39.4 Å². The minimum absolute atomic E-state index is 0.0163. The highest BCUT2D eigenvalue weighted by Crippen LogP contribution is 2.19. The largest absolute Gasteiger partial charge is 0.377 e. The number of hydrogen-bond acceptors (Lipinski definition) is 3. The van der Waals surface area contributed by atoms with Crippen molar-refractivity contribution in [2.45, 2.75) is 32.0 Å². The van der Waals surface area contributed by atoms with Crippen LogP contribution >= 0.6 is 0 Å². The molecule has 1 fully saturated rings. The Morgan fingerprint density at radius 2 is 1.74 bits per heavy atom. The van der Waals surface area contributed by atoms with Gasteiger partial charge in [0, 0.05) is 40.3 Å². The zero-order valence-corrected chi connectivity index (χ0v) is 16.1. The SMILES string of the molecule is Cn1c(=O)n(C)c2cc(CN(Cc3ccccc3)C[C@@H]3CCCO3)ccc21. The van der Waals surface area contributed by atoms with E-state index >= 15 is 0 Å². The maximum Gasteiger partial charge on any atom is 0.328 e. The van der Waals surface area contributed by atoms with Crippen LogP contribution in [0.1, 0.15) is 24.0 Å². The average Bonchev–Trinajstić information content (AvgIpc) is 3.26. The van der Waals surface area contributed by atoms with Crippen molar-refractivity contribution in [1.82, 2.24) is 14.0 Å². The van der Waals surface area contributed by atoms with Crippen LogP contribution in [-0.4, -0.2) is 33.3 Å². The highest BCUT2D eigenvalue weighted by molar-refractivity contribution is 5.76. The lowest BCUT2D eigenvalue weighted by Crippen LogP contribution is -2.31. The number of hydrogen-bond donors (Lipinski definition) is 0. The van der Waals surface area contributed by atoms with Gasteiger partial charge < -0.3 is 4.74 Å². The summed E-state index contributed by atoms with van der Waals surface area (Å²) in [6.07, 6.45) is 2.61.